The first-order valence-corrected chi connectivity index (χ1v) is 6.50. The Kier molecular flexibility index (Phi) is 3.14. The molecule has 0 spiro atoms. The van der Waals surface area contributed by atoms with Gasteiger partial charge in [-0.15, -0.1) is 0 Å². The van der Waals surface area contributed by atoms with Crippen molar-refractivity contribution in [3.05, 3.63) is 48.5 Å². The molecule has 0 aliphatic carbocycles. The second-order valence-electron chi connectivity index (χ2n) is 3.43. The largest absolute Gasteiger partial charge is 0.414 e. The fraction of sp³-hybridized carbons (Fsp3) is 0.182. The van der Waals surface area contributed by atoms with E-state index in [0.29, 0.717) is 0 Å². The molecule has 1 heterocycles. The highest BCUT2D eigenvalue weighted by Crippen LogP contribution is 2.15. The Bertz CT molecular complexity index is 574. The first-order valence-electron chi connectivity index (χ1n) is 5.13. The summed E-state index contributed by atoms with van der Waals surface area (Å²) in [5, 5.41) is 0. The average Bonchev–Trinajstić information content (AvgIpc) is 2.84. The van der Waals surface area contributed by atoms with Crippen molar-refractivity contribution < 1.29 is 12.6 Å². The molecule has 0 amide bonds. The number of benzene rings is 1. The molecule has 0 saturated carbocycles. The maximum Gasteiger partial charge on any atom is 0.414 e. The van der Waals surface area contributed by atoms with Gasteiger partial charge in [-0.2, -0.15) is 8.42 Å². The number of hydrogen-bond acceptors (Lipinski definition) is 4. The van der Waals surface area contributed by atoms with Gasteiger partial charge in [-0.3, -0.25) is 0 Å². The fourth-order valence-electron chi connectivity index (χ4n) is 1.32. The molecule has 0 unspecified atom stereocenters. The summed E-state index contributed by atoms with van der Waals surface area (Å²) in [5.41, 5.74) is 1.12. The lowest BCUT2D eigenvalue weighted by Crippen LogP contribution is -2.17. The van der Waals surface area contributed by atoms with Gasteiger partial charge in [0.05, 0.1) is 0 Å². The molecule has 0 N–H and O–H groups in total. The Labute approximate surface area is 99.9 Å². The van der Waals surface area contributed by atoms with Gasteiger partial charge in [-0.05, 0) is 24.1 Å². The molecule has 0 aliphatic rings. The van der Waals surface area contributed by atoms with Gasteiger partial charge in [0.25, 0.3) is 0 Å². The van der Waals surface area contributed by atoms with Crippen LogP contribution in [0, 0.1) is 0 Å². The van der Waals surface area contributed by atoms with Crippen LogP contribution in [0.3, 0.4) is 0 Å². The number of imidazole rings is 1. The number of aryl methyl sites for hydroxylation is 1. The lowest BCUT2D eigenvalue weighted by molar-refractivity contribution is 0.476. The minimum atomic E-state index is -3.84. The van der Waals surface area contributed by atoms with Crippen LogP contribution in [0.2, 0.25) is 0 Å². The van der Waals surface area contributed by atoms with Gasteiger partial charge in [0, 0.05) is 12.4 Å². The molecule has 0 bridgehead atoms. The molecule has 1 aromatic heterocycles. The van der Waals surface area contributed by atoms with Crippen molar-refractivity contribution in [1.29, 1.82) is 0 Å². The van der Waals surface area contributed by atoms with Crippen molar-refractivity contribution >= 4 is 10.3 Å². The number of rotatable bonds is 4. The quantitative estimate of drug-likeness (QED) is 0.829. The molecular formula is C11H12N2O3S. The zero-order valence-electron chi connectivity index (χ0n) is 9.28. The molecular weight excluding hydrogens is 240 g/mol. The summed E-state index contributed by atoms with van der Waals surface area (Å²) in [6, 6.07) is 6.93. The van der Waals surface area contributed by atoms with Crippen LogP contribution in [0.15, 0.2) is 43.0 Å². The first-order chi connectivity index (χ1) is 8.12. The van der Waals surface area contributed by atoms with Crippen LogP contribution in [0.1, 0.15) is 12.5 Å². The SMILES string of the molecule is CCc1ccc(OS(=O)(=O)n2ccnc2)cc1. The third-order valence-corrected chi connectivity index (χ3v) is 3.41. The predicted octanol–water partition coefficient (Wildman–Crippen LogP) is 1.62. The zero-order valence-corrected chi connectivity index (χ0v) is 10.1. The van der Waals surface area contributed by atoms with E-state index in [1.54, 1.807) is 12.1 Å². The molecule has 17 heavy (non-hydrogen) atoms. The average molecular weight is 252 g/mol. The Morgan fingerprint density at radius 1 is 1.29 bits per heavy atom. The second-order valence-corrected chi connectivity index (χ2v) is 4.87. The van der Waals surface area contributed by atoms with Crippen molar-refractivity contribution in [2.24, 2.45) is 0 Å². The highest BCUT2D eigenvalue weighted by molar-refractivity contribution is 7.85. The molecule has 2 rings (SSSR count). The molecule has 6 heteroatoms. The highest BCUT2D eigenvalue weighted by atomic mass is 32.2. The van der Waals surface area contributed by atoms with E-state index in [-0.39, 0.29) is 5.75 Å². The number of nitrogens with zero attached hydrogens (tertiary/aromatic N) is 2. The number of hydrogen-bond donors (Lipinski definition) is 0. The van der Waals surface area contributed by atoms with E-state index in [1.165, 1.54) is 18.7 Å². The number of aromatic nitrogens is 2. The van der Waals surface area contributed by atoms with E-state index in [1.807, 2.05) is 19.1 Å². The van der Waals surface area contributed by atoms with E-state index in [9.17, 15) is 8.42 Å². The Morgan fingerprint density at radius 2 is 2.00 bits per heavy atom. The van der Waals surface area contributed by atoms with Crippen LogP contribution < -0.4 is 4.18 Å². The van der Waals surface area contributed by atoms with Crippen LogP contribution in [-0.4, -0.2) is 17.4 Å². The minimum Gasteiger partial charge on any atom is -0.366 e. The predicted molar refractivity (Wildman–Crippen MR) is 63.0 cm³/mol. The first kappa shape index (κ1) is 11.7. The molecule has 5 nitrogen and oxygen atoms in total. The molecule has 2 aromatic rings. The van der Waals surface area contributed by atoms with Gasteiger partial charge < -0.3 is 4.18 Å². The highest BCUT2D eigenvalue weighted by Gasteiger charge is 2.14. The molecule has 0 radical (unpaired) electrons. The van der Waals surface area contributed by atoms with Crippen LogP contribution >= 0.6 is 0 Å². The molecule has 0 atom stereocenters. The minimum absolute atomic E-state index is 0.288. The van der Waals surface area contributed by atoms with Crippen LogP contribution in [0.25, 0.3) is 0 Å². The molecule has 1 aromatic carbocycles. The van der Waals surface area contributed by atoms with Gasteiger partial charge in [0.15, 0.2) is 0 Å². The second kappa shape index (κ2) is 4.58. The Morgan fingerprint density at radius 3 is 2.53 bits per heavy atom. The normalized spacial score (nSPS) is 11.4. The van der Waals surface area contributed by atoms with Crippen LogP contribution in [0.4, 0.5) is 0 Å². The van der Waals surface area contributed by atoms with Gasteiger partial charge in [0.2, 0.25) is 0 Å². The molecule has 0 aliphatic heterocycles. The third-order valence-electron chi connectivity index (χ3n) is 2.27. The summed E-state index contributed by atoms with van der Waals surface area (Å²) in [7, 11) is -3.84. The summed E-state index contributed by atoms with van der Waals surface area (Å²) in [6.45, 7) is 2.03. The molecule has 0 fully saturated rings. The van der Waals surface area contributed by atoms with E-state index in [0.717, 1.165) is 16.0 Å². The van der Waals surface area contributed by atoms with Crippen LogP contribution in [0.5, 0.6) is 5.75 Å². The summed E-state index contributed by atoms with van der Waals surface area (Å²) in [6.07, 6.45) is 4.77. The van der Waals surface area contributed by atoms with E-state index < -0.39 is 10.3 Å². The smallest absolute Gasteiger partial charge is 0.366 e. The monoisotopic (exact) mass is 252 g/mol. The van der Waals surface area contributed by atoms with Gasteiger partial charge in [-0.1, -0.05) is 19.1 Å². The van der Waals surface area contributed by atoms with E-state index in [4.69, 9.17) is 4.18 Å². The van der Waals surface area contributed by atoms with E-state index in [2.05, 4.69) is 4.98 Å². The third kappa shape index (κ3) is 2.65. The van der Waals surface area contributed by atoms with Crippen molar-refractivity contribution in [3.63, 3.8) is 0 Å². The lowest BCUT2D eigenvalue weighted by atomic mass is 10.2. The molecule has 0 saturated heterocycles. The fourth-order valence-corrected chi connectivity index (χ4v) is 2.14. The molecule has 90 valence electrons. The zero-order chi connectivity index (χ0) is 12.3. The van der Waals surface area contributed by atoms with Crippen molar-refractivity contribution in [1.82, 2.24) is 8.96 Å². The Balaban J connectivity index is 2.21. The van der Waals surface area contributed by atoms with Gasteiger partial charge in [0.1, 0.15) is 12.1 Å². The van der Waals surface area contributed by atoms with Gasteiger partial charge in [-0.25, -0.2) is 8.96 Å². The van der Waals surface area contributed by atoms with Crippen molar-refractivity contribution in [2.75, 3.05) is 0 Å². The maximum atomic E-state index is 11.7. The summed E-state index contributed by atoms with van der Waals surface area (Å²) in [5.74, 6) is 0.288. The topological polar surface area (TPSA) is 61.2 Å². The van der Waals surface area contributed by atoms with Crippen molar-refractivity contribution in [3.8, 4) is 5.75 Å². The summed E-state index contributed by atoms with van der Waals surface area (Å²) in [4.78, 5) is 3.66. The lowest BCUT2D eigenvalue weighted by Gasteiger charge is -2.07. The maximum absolute atomic E-state index is 11.7. The van der Waals surface area contributed by atoms with Gasteiger partial charge >= 0.3 is 10.3 Å². The van der Waals surface area contributed by atoms with Crippen molar-refractivity contribution in [2.45, 2.75) is 13.3 Å². The Hall–Kier alpha value is -1.82. The summed E-state index contributed by atoms with van der Waals surface area (Å²) >= 11 is 0. The summed E-state index contributed by atoms with van der Waals surface area (Å²) < 4.78 is 29.3. The van der Waals surface area contributed by atoms with E-state index >= 15 is 0 Å². The van der Waals surface area contributed by atoms with Crippen LogP contribution in [-0.2, 0) is 16.7 Å². The standard InChI is InChI=1S/C11H12N2O3S/c1-2-10-3-5-11(6-4-10)16-17(14,15)13-8-7-12-9-13/h3-9H,2H2,1H3.